The molecule has 1 atom stereocenters. The van der Waals surface area contributed by atoms with Crippen molar-refractivity contribution in [2.24, 2.45) is 0 Å². The number of rotatable bonds is 32. The SMILES string of the molecule is CCCC/C=C\CCCCCCCC(=O)OC(CCCCCCCCCCCCCCCCCC)CCC(=O)O. The number of hydrogen-bond donors (Lipinski definition) is 1. The molecule has 0 aliphatic rings. The Bertz CT molecular complexity index is 571. The lowest BCUT2D eigenvalue weighted by Gasteiger charge is -2.17. The van der Waals surface area contributed by atoms with Crippen LogP contribution in [0.4, 0.5) is 0 Å². The van der Waals surface area contributed by atoms with Crippen molar-refractivity contribution in [3.8, 4) is 0 Å². The van der Waals surface area contributed by atoms with Gasteiger partial charge in [-0.3, -0.25) is 9.59 Å². The first-order chi connectivity index (χ1) is 19.6. The van der Waals surface area contributed by atoms with Gasteiger partial charge in [0.25, 0.3) is 0 Å². The Morgan fingerprint density at radius 1 is 0.525 bits per heavy atom. The zero-order chi connectivity index (χ0) is 29.4. The Hall–Kier alpha value is -1.32. The highest BCUT2D eigenvalue weighted by molar-refractivity contribution is 5.69. The van der Waals surface area contributed by atoms with Crippen LogP contribution in [0.3, 0.4) is 0 Å². The van der Waals surface area contributed by atoms with Gasteiger partial charge in [-0.15, -0.1) is 0 Å². The maximum Gasteiger partial charge on any atom is 0.306 e. The Kier molecular flexibility index (Phi) is 31.1. The lowest BCUT2D eigenvalue weighted by atomic mass is 10.0. The predicted octanol–water partition coefficient (Wildman–Crippen LogP) is 11.9. The lowest BCUT2D eigenvalue weighted by molar-refractivity contribution is -0.151. The highest BCUT2D eigenvalue weighted by Crippen LogP contribution is 2.17. The first-order valence-electron chi connectivity index (χ1n) is 17.7. The average molecular weight is 565 g/mol. The Morgan fingerprint density at radius 3 is 1.45 bits per heavy atom. The number of allylic oxidation sites excluding steroid dienone is 2. The number of aliphatic carboxylic acids is 1. The van der Waals surface area contributed by atoms with E-state index in [0.29, 0.717) is 12.8 Å². The summed E-state index contributed by atoms with van der Waals surface area (Å²) in [4.78, 5) is 23.4. The minimum Gasteiger partial charge on any atom is -0.481 e. The van der Waals surface area contributed by atoms with Crippen LogP contribution in [0, 0.1) is 0 Å². The number of unbranched alkanes of at least 4 members (excludes halogenated alkanes) is 22. The van der Waals surface area contributed by atoms with Crippen molar-refractivity contribution in [1.29, 1.82) is 0 Å². The lowest BCUT2D eigenvalue weighted by Crippen LogP contribution is -2.19. The average Bonchev–Trinajstić information content (AvgIpc) is 2.94. The van der Waals surface area contributed by atoms with E-state index in [4.69, 9.17) is 9.84 Å². The molecule has 1 N–H and O–H groups in total. The van der Waals surface area contributed by atoms with Gasteiger partial charge >= 0.3 is 11.9 Å². The molecule has 0 saturated heterocycles. The predicted molar refractivity (Wildman–Crippen MR) is 172 cm³/mol. The topological polar surface area (TPSA) is 63.6 Å². The standard InChI is InChI=1S/C36H68O4/c1-3-5-7-9-11-13-15-16-17-18-19-21-22-24-26-28-30-34(32-33-35(37)38)40-36(39)31-29-27-25-23-20-14-12-10-8-6-4-2/h10,12,34H,3-9,11,13-33H2,1-2H3,(H,37,38)/b12-10-. The highest BCUT2D eigenvalue weighted by Gasteiger charge is 2.15. The molecule has 1 unspecified atom stereocenters. The maximum atomic E-state index is 12.4. The number of esters is 1. The smallest absolute Gasteiger partial charge is 0.306 e. The minimum atomic E-state index is -0.812. The molecule has 0 rings (SSSR count). The summed E-state index contributed by atoms with van der Waals surface area (Å²) in [5.74, 6) is -0.959. The van der Waals surface area contributed by atoms with E-state index in [-0.39, 0.29) is 18.5 Å². The fourth-order valence-electron chi connectivity index (χ4n) is 5.33. The zero-order valence-corrected chi connectivity index (χ0v) is 26.9. The van der Waals surface area contributed by atoms with Gasteiger partial charge in [-0.2, -0.15) is 0 Å². The van der Waals surface area contributed by atoms with Crippen LogP contribution >= 0.6 is 0 Å². The van der Waals surface area contributed by atoms with E-state index in [1.807, 2.05) is 0 Å². The van der Waals surface area contributed by atoms with E-state index in [2.05, 4.69) is 26.0 Å². The number of carboxylic acids is 1. The summed E-state index contributed by atoms with van der Waals surface area (Å²) in [6, 6.07) is 0. The molecule has 40 heavy (non-hydrogen) atoms. The number of carboxylic acid groups (broad SMARTS) is 1. The van der Waals surface area contributed by atoms with Crippen molar-refractivity contribution in [2.45, 2.75) is 206 Å². The van der Waals surface area contributed by atoms with E-state index < -0.39 is 5.97 Å². The normalized spacial score (nSPS) is 12.2. The second-order valence-electron chi connectivity index (χ2n) is 12.1. The van der Waals surface area contributed by atoms with Crippen LogP contribution in [0.2, 0.25) is 0 Å². The largest absolute Gasteiger partial charge is 0.481 e. The van der Waals surface area contributed by atoms with Gasteiger partial charge < -0.3 is 9.84 Å². The third-order valence-electron chi connectivity index (χ3n) is 8.00. The van der Waals surface area contributed by atoms with E-state index in [9.17, 15) is 9.59 Å². The van der Waals surface area contributed by atoms with Crippen molar-refractivity contribution in [1.82, 2.24) is 0 Å². The van der Waals surface area contributed by atoms with Gasteiger partial charge in [-0.1, -0.05) is 154 Å². The molecule has 0 aromatic heterocycles. The highest BCUT2D eigenvalue weighted by atomic mass is 16.5. The van der Waals surface area contributed by atoms with Gasteiger partial charge in [0.2, 0.25) is 0 Å². The first kappa shape index (κ1) is 38.7. The maximum absolute atomic E-state index is 12.4. The summed E-state index contributed by atoms with van der Waals surface area (Å²) in [6.07, 6.45) is 37.9. The van der Waals surface area contributed by atoms with Crippen LogP contribution in [0.5, 0.6) is 0 Å². The molecule has 4 heteroatoms. The Morgan fingerprint density at radius 2 is 0.950 bits per heavy atom. The number of ether oxygens (including phenoxy) is 1. The van der Waals surface area contributed by atoms with Gasteiger partial charge in [0.15, 0.2) is 0 Å². The van der Waals surface area contributed by atoms with Crippen molar-refractivity contribution >= 4 is 11.9 Å². The van der Waals surface area contributed by atoms with E-state index >= 15 is 0 Å². The fourth-order valence-corrected chi connectivity index (χ4v) is 5.33. The van der Waals surface area contributed by atoms with Crippen molar-refractivity contribution < 1.29 is 19.4 Å². The summed E-state index contributed by atoms with van der Waals surface area (Å²) in [5.41, 5.74) is 0. The van der Waals surface area contributed by atoms with Crippen LogP contribution in [-0.2, 0) is 14.3 Å². The van der Waals surface area contributed by atoms with Crippen LogP contribution in [0.1, 0.15) is 200 Å². The molecule has 236 valence electrons. The minimum absolute atomic E-state index is 0.0731. The molecule has 0 aliphatic carbocycles. The summed E-state index contributed by atoms with van der Waals surface area (Å²) >= 11 is 0. The van der Waals surface area contributed by atoms with Crippen LogP contribution in [0.15, 0.2) is 12.2 Å². The molecular weight excluding hydrogens is 496 g/mol. The zero-order valence-electron chi connectivity index (χ0n) is 26.9. The van der Waals surface area contributed by atoms with E-state index in [0.717, 1.165) is 44.9 Å². The third kappa shape index (κ3) is 31.2. The van der Waals surface area contributed by atoms with Crippen molar-refractivity contribution in [2.75, 3.05) is 0 Å². The van der Waals surface area contributed by atoms with Gasteiger partial charge in [-0.05, 0) is 44.9 Å². The summed E-state index contributed by atoms with van der Waals surface area (Å²) in [5, 5.41) is 9.08. The molecule has 0 fully saturated rings. The molecule has 0 amide bonds. The molecule has 0 aliphatic heterocycles. The molecule has 4 nitrogen and oxygen atoms in total. The van der Waals surface area contributed by atoms with Crippen LogP contribution in [0.25, 0.3) is 0 Å². The summed E-state index contributed by atoms with van der Waals surface area (Å²) < 4.78 is 5.71. The Balaban J connectivity index is 3.74. The third-order valence-corrected chi connectivity index (χ3v) is 8.00. The van der Waals surface area contributed by atoms with E-state index in [1.54, 1.807) is 0 Å². The second-order valence-corrected chi connectivity index (χ2v) is 12.1. The second kappa shape index (κ2) is 32.2. The fraction of sp³-hybridized carbons (Fsp3) is 0.889. The molecular formula is C36H68O4. The molecule has 0 heterocycles. The quantitative estimate of drug-likeness (QED) is 0.0501. The number of hydrogen-bond acceptors (Lipinski definition) is 3. The Labute approximate surface area is 249 Å². The van der Waals surface area contributed by atoms with E-state index in [1.165, 1.54) is 122 Å². The van der Waals surface area contributed by atoms with Crippen LogP contribution in [-0.4, -0.2) is 23.1 Å². The molecule has 0 spiro atoms. The molecule has 0 aromatic carbocycles. The van der Waals surface area contributed by atoms with Crippen molar-refractivity contribution in [3.63, 3.8) is 0 Å². The van der Waals surface area contributed by atoms with Gasteiger partial charge in [0, 0.05) is 12.8 Å². The van der Waals surface area contributed by atoms with Gasteiger partial charge in [0.05, 0.1) is 0 Å². The van der Waals surface area contributed by atoms with Gasteiger partial charge in [-0.25, -0.2) is 0 Å². The summed E-state index contributed by atoms with van der Waals surface area (Å²) in [6.45, 7) is 4.50. The first-order valence-corrected chi connectivity index (χ1v) is 17.7. The molecule has 0 bridgehead atoms. The monoisotopic (exact) mass is 565 g/mol. The van der Waals surface area contributed by atoms with Crippen LogP contribution < -0.4 is 0 Å². The number of carbonyl (C=O) groups is 2. The number of carbonyl (C=O) groups excluding carboxylic acids is 1. The molecule has 0 aromatic rings. The van der Waals surface area contributed by atoms with Gasteiger partial charge in [0.1, 0.15) is 6.10 Å². The summed E-state index contributed by atoms with van der Waals surface area (Å²) in [7, 11) is 0. The molecule has 0 radical (unpaired) electrons. The van der Waals surface area contributed by atoms with Crippen molar-refractivity contribution in [3.05, 3.63) is 12.2 Å². The molecule has 0 saturated carbocycles.